The Bertz CT molecular complexity index is 1540. The van der Waals surface area contributed by atoms with Crippen LogP contribution in [0.4, 0.5) is 4.39 Å². The molecule has 0 bridgehead atoms. The van der Waals surface area contributed by atoms with E-state index in [4.69, 9.17) is 11.6 Å². The molecule has 2 N–H and O–H groups in total. The number of rotatable bonds is 14. The molecule has 10 heteroatoms. The number of aliphatic hydroxyl groups excluding tert-OH is 1. The van der Waals surface area contributed by atoms with Crippen LogP contribution in [0.25, 0.3) is 11.1 Å². The molecule has 0 unspecified atom stereocenters. The molecule has 0 saturated heterocycles. The molecule has 3 aromatic carbocycles. The summed E-state index contributed by atoms with van der Waals surface area (Å²) in [6.45, 7) is 6.98. The highest BCUT2D eigenvalue weighted by Gasteiger charge is 2.20. The first-order valence-electron chi connectivity index (χ1n) is 14.2. The topological polar surface area (TPSA) is 89.5 Å². The van der Waals surface area contributed by atoms with Crippen molar-refractivity contribution in [3.63, 3.8) is 0 Å². The van der Waals surface area contributed by atoms with Gasteiger partial charge in [0.05, 0.1) is 24.3 Å². The van der Waals surface area contributed by atoms with Crippen LogP contribution in [0, 0.1) is 5.82 Å². The first-order valence-corrected chi connectivity index (χ1v) is 15.6. The van der Waals surface area contributed by atoms with Crippen LogP contribution in [0.15, 0.2) is 82.7 Å². The van der Waals surface area contributed by atoms with Gasteiger partial charge in [0.1, 0.15) is 5.82 Å². The standard InChI is InChI=1S/C33H36ClFN4O3S/c1-3-38(4-2)17-18-39(20-23-5-9-25(10-6-23)26-11-13-27(34)14-12-26)31(41)19-30-29(21-40)32(42)37-33(36-30)43-22-24-7-15-28(35)16-8-24/h5-16,40H,3-4,17-22H2,1-2H3,(H,36,37,42). The van der Waals surface area contributed by atoms with Gasteiger partial charge in [-0.05, 0) is 59.6 Å². The highest BCUT2D eigenvalue weighted by Crippen LogP contribution is 2.23. The molecule has 1 heterocycles. The van der Waals surface area contributed by atoms with Gasteiger partial charge in [0.2, 0.25) is 5.91 Å². The maximum atomic E-state index is 13.7. The van der Waals surface area contributed by atoms with E-state index in [2.05, 4.69) is 28.7 Å². The number of nitrogens with one attached hydrogen (secondary N) is 1. The number of halogens is 2. The number of likely N-dealkylation sites (N-methyl/N-ethyl adjacent to an activating group) is 1. The molecule has 0 saturated carbocycles. The van der Waals surface area contributed by atoms with Crippen molar-refractivity contribution >= 4 is 29.3 Å². The summed E-state index contributed by atoms with van der Waals surface area (Å²) in [5, 5.41) is 11.0. The van der Waals surface area contributed by atoms with Crippen LogP contribution in [0.2, 0.25) is 5.02 Å². The Morgan fingerprint density at radius 1 is 0.930 bits per heavy atom. The molecular formula is C33H36ClFN4O3S. The second kappa shape index (κ2) is 15.8. The maximum absolute atomic E-state index is 13.7. The summed E-state index contributed by atoms with van der Waals surface area (Å²) < 4.78 is 13.3. The predicted octanol–water partition coefficient (Wildman–Crippen LogP) is 5.93. The molecule has 0 aliphatic rings. The van der Waals surface area contributed by atoms with Gasteiger partial charge in [-0.25, -0.2) is 9.37 Å². The fraction of sp³-hybridized carbons (Fsp3) is 0.303. The first-order chi connectivity index (χ1) is 20.8. The van der Waals surface area contributed by atoms with E-state index in [1.807, 2.05) is 48.5 Å². The molecule has 0 aliphatic heterocycles. The summed E-state index contributed by atoms with van der Waals surface area (Å²) in [4.78, 5) is 37.8. The molecular weight excluding hydrogens is 587 g/mol. The summed E-state index contributed by atoms with van der Waals surface area (Å²) >= 11 is 7.31. The summed E-state index contributed by atoms with van der Waals surface area (Å²) in [7, 11) is 0. The van der Waals surface area contributed by atoms with E-state index >= 15 is 0 Å². The number of aliphatic hydroxyl groups is 1. The van der Waals surface area contributed by atoms with Gasteiger partial charge in [-0.2, -0.15) is 0 Å². The highest BCUT2D eigenvalue weighted by atomic mass is 35.5. The summed E-state index contributed by atoms with van der Waals surface area (Å²) in [6, 6.07) is 21.8. The molecule has 0 aliphatic carbocycles. The third-order valence-corrected chi connectivity index (χ3v) is 8.48. The monoisotopic (exact) mass is 622 g/mol. The van der Waals surface area contributed by atoms with E-state index in [9.17, 15) is 19.1 Å². The van der Waals surface area contributed by atoms with Crippen molar-refractivity contribution in [2.45, 2.75) is 44.3 Å². The summed E-state index contributed by atoms with van der Waals surface area (Å²) in [5.74, 6) is -0.0514. The fourth-order valence-electron chi connectivity index (χ4n) is 4.65. The van der Waals surface area contributed by atoms with Crippen LogP contribution in [0.3, 0.4) is 0 Å². The number of nitrogens with zero attached hydrogens (tertiary/aromatic N) is 3. The van der Waals surface area contributed by atoms with E-state index in [0.29, 0.717) is 35.6 Å². The smallest absolute Gasteiger partial charge is 0.257 e. The van der Waals surface area contributed by atoms with Crippen molar-refractivity contribution in [1.82, 2.24) is 19.8 Å². The molecule has 1 amide bonds. The normalized spacial score (nSPS) is 11.2. The van der Waals surface area contributed by atoms with Gasteiger partial charge in [0, 0.05) is 30.4 Å². The number of aromatic nitrogens is 2. The number of H-pyrrole nitrogens is 1. The average molecular weight is 623 g/mol. The Morgan fingerprint density at radius 3 is 2.14 bits per heavy atom. The van der Waals surface area contributed by atoms with Gasteiger partial charge < -0.3 is 19.9 Å². The minimum atomic E-state index is -0.528. The van der Waals surface area contributed by atoms with Crippen molar-refractivity contribution < 1.29 is 14.3 Å². The van der Waals surface area contributed by atoms with Crippen molar-refractivity contribution in [2.75, 3.05) is 26.2 Å². The zero-order valence-corrected chi connectivity index (χ0v) is 25.9. The van der Waals surface area contributed by atoms with Crippen LogP contribution in [0.5, 0.6) is 0 Å². The zero-order chi connectivity index (χ0) is 30.8. The van der Waals surface area contributed by atoms with E-state index in [1.54, 1.807) is 17.0 Å². The average Bonchev–Trinajstić information content (AvgIpc) is 3.01. The third-order valence-electron chi connectivity index (χ3n) is 7.28. The van der Waals surface area contributed by atoms with Crippen molar-refractivity contribution in [3.05, 3.63) is 116 Å². The Morgan fingerprint density at radius 2 is 1.53 bits per heavy atom. The third kappa shape index (κ3) is 9.24. The molecule has 4 aromatic rings. The van der Waals surface area contributed by atoms with Crippen LogP contribution in [-0.2, 0) is 30.1 Å². The SMILES string of the molecule is CCN(CC)CCN(Cc1ccc(-c2ccc(Cl)cc2)cc1)C(=O)Cc1nc(SCc2ccc(F)cc2)[nH]c(=O)c1CO. The van der Waals surface area contributed by atoms with E-state index < -0.39 is 12.2 Å². The second-order valence-electron chi connectivity index (χ2n) is 10.1. The number of thioether (sulfide) groups is 1. The lowest BCUT2D eigenvalue weighted by Gasteiger charge is -2.27. The Labute approximate surface area is 260 Å². The van der Waals surface area contributed by atoms with Gasteiger partial charge in [-0.3, -0.25) is 9.59 Å². The van der Waals surface area contributed by atoms with Crippen molar-refractivity contribution in [3.8, 4) is 11.1 Å². The molecule has 0 spiro atoms. The van der Waals surface area contributed by atoms with Crippen LogP contribution in [-0.4, -0.2) is 57.0 Å². The molecule has 1 aromatic heterocycles. The maximum Gasteiger partial charge on any atom is 0.257 e. The number of carbonyl (C=O) groups is 1. The lowest BCUT2D eigenvalue weighted by Crippen LogP contribution is -2.39. The highest BCUT2D eigenvalue weighted by molar-refractivity contribution is 7.98. The van der Waals surface area contributed by atoms with Gasteiger partial charge in [0.15, 0.2) is 5.16 Å². The Balaban J connectivity index is 1.53. The minimum absolute atomic E-state index is 0.0792. The first kappa shape index (κ1) is 32.4. The number of amides is 1. The van der Waals surface area contributed by atoms with Gasteiger partial charge in [0.25, 0.3) is 5.56 Å². The Hall–Kier alpha value is -3.50. The van der Waals surface area contributed by atoms with Crippen molar-refractivity contribution in [1.29, 1.82) is 0 Å². The molecule has 226 valence electrons. The van der Waals surface area contributed by atoms with E-state index in [0.717, 1.165) is 35.3 Å². The molecule has 0 fully saturated rings. The number of hydrogen-bond donors (Lipinski definition) is 2. The number of aromatic amines is 1. The van der Waals surface area contributed by atoms with Crippen LogP contribution < -0.4 is 5.56 Å². The zero-order valence-electron chi connectivity index (χ0n) is 24.4. The lowest BCUT2D eigenvalue weighted by molar-refractivity contribution is -0.131. The van der Waals surface area contributed by atoms with Gasteiger partial charge in [-0.1, -0.05) is 85.7 Å². The fourth-order valence-corrected chi connectivity index (χ4v) is 5.61. The molecule has 7 nitrogen and oxygen atoms in total. The van der Waals surface area contributed by atoms with E-state index in [-0.39, 0.29) is 29.4 Å². The predicted molar refractivity (Wildman–Crippen MR) is 171 cm³/mol. The lowest BCUT2D eigenvalue weighted by atomic mass is 10.0. The minimum Gasteiger partial charge on any atom is -0.391 e. The number of hydrogen-bond acceptors (Lipinski definition) is 6. The number of carbonyl (C=O) groups excluding carboxylic acids is 1. The van der Waals surface area contributed by atoms with Crippen molar-refractivity contribution in [2.24, 2.45) is 0 Å². The largest absolute Gasteiger partial charge is 0.391 e. The Kier molecular flexibility index (Phi) is 11.9. The summed E-state index contributed by atoms with van der Waals surface area (Å²) in [5.41, 5.74) is 3.79. The van der Waals surface area contributed by atoms with Gasteiger partial charge in [-0.15, -0.1) is 0 Å². The van der Waals surface area contributed by atoms with Gasteiger partial charge >= 0.3 is 0 Å². The molecule has 0 atom stereocenters. The molecule has 43 heavy (non-hydrogen) atoms. The van der Waals surface area contributed by atoms with Crippen LogP contribution in [0.1, 0.15) is 36.2 Å². The van der Waals surface area contributed by atoms with Crippen LogP contribution >= 0.6 is 23.4 Å². The molecule has 0 radical (unpaired) electrons. The quantitative estimate of drug-likeness (QED) is 0.134. The van der Waals surface area contributed by atoms with E-state index in [1.165, 1.54) is 23.9 Å². The summed E-state index contributed by atoms with van der Waals surface area (Å²) in [6.07, 6.45) is -0.120. The molecule has 4 rings (SSSR count). The second-order valence-corrected chi connectivity index (χ2v) is 11.5. The number of benzene rings is 3.